The number of alkyl halides is 3. The number of amides is 2. The fourth-order valence-electron chi connectivity index (χ4n) is 2.93. The van der Waals surface area contributed by atoms with Crippen molar-refractivity contribution in [1.29, 1.82) is 0 Å². The molecule has 1 aromatic rings. The summed E-state index contributed by atoms with van der Waals surface area (Å²) in [5, 5.41) is 25.3. The number of rotatable bonds is 9. The molecule has 0 radical (unpaired) electrons. The topological polar surface area (TPSA) is 116 Å². The number of thiophene rings is 1. The van der Waals surface area contributed by atoms with Crippen LogP contribution in [0.4, 0.5) is 13.2 Å². The number of aliphatic hydroxyl groups excluding tert-OH is 2. The summed E-state index contributed by atoms with van der Waals surface area (Å²) in [5.74, 6) is -1.54. The van der Waals surface area contributed by atoms with Crippen LogP contribution in [0.3, 0.4) is 0 Å². The molecule has 1 aromatic heterocycles. The lowest BCUT2D eigenvalue weighted by atomic mass is 10.1. The monoisotopic (exact) mass is 467 g/mol. The molecule has 2 heterocycles. The van der Waals surface area contributed by atoms with Crippen molar-refractivity contribution in [3.8, 4) is 0 Å². The number of allylic oxidation sites excluding steroid dienone is 1. The normalized spacial score (nSPS) is 19.6. The quantitative estimate of drug-likeness (QED) is 0.434. The Bertz CT molecular complexity index is 744. The summed E-state index contributed by atoms with van der Waals surface area (Å²) in [6, 6.07) is 3.34. The Hall–Kier alpha value is -1.76. The van der Waals surface area contributed by atoms with Crippen LogP contribution < -0.4 is 11.1 Å². The molecule has 1 fully saturated rings. The van der Waals surface area contributed by atoms with E-state index >= 15 is 0 Å². The van der Waals surface area contributed by atoms with Gasteiger partial charge in [-0.3, -0.25) is 9.59 Å². The lowest BCUT2D eigenvalue weighted by molar-refractivity contribution is -0.153. The highest BCUT2D eigenvalue weighted by atomic mass is 32.2. The van der Waals surface area contributed by atoms with Gasteiger partial charge in [0, 0.05) is 29.8 Å². The van der Waals surface area contributed by atoms with Crippen molar-refractivity contribution in [2.75, 3.05) is 18.8 Å². The maximum atomic E-state index is 12.5. The summed E-state index contributed by atoms with van der Waals surface area (Å²) in [5.41, 5.74) is 3.72. The largest absolute Gasteiger partial charge is 0.431 e. The first-order valence-electron chi connectivity index (χ1n) is 9.22. The molecule has 0 saturated carbocycles. The zero-order valence-electron chi connectivity index (χ0n) is 16.0. The summed E-state index contributed by atoms with van der Waals surface area (Å²) in [4.78, 5) is 26.9. The van der Waals surface area contributed by atoms with Crippen LogP contribution >= 0.6 is 23.1 Å². The van der Waals surface area contributed by atoms with Crippen molar-refractivity contribution in [2.24, 2.45) is 5.73 Å². The summed E-state index contributed by atoms with van der Waals surface area (Å²) in [6.45, 7) is 0.527. The van der Waals surface area contributed by atoms with Crippen LogP contribution in [-0.2, 0) is 16.0 Å². The number of halogens is 3. The van der Waals surface area contributed by atoms with Gasteiger partial charge in [0.05, 0.1) is 0 Å². The Balaban J connectivity index is 1.84. The minimum absolute atomic E-state index is 0.151. The third-order valence-corrected chi connectivity index (χ3v) is 6.49. The van der Waals surface area contributed by atoms with E-state index in [1.165, 1.54) is 16.2 Å². The molecule has 1 aliphatic heterocycles. The van der Waals surface area contributed by atoms with E-state index in [0.717, 1.165) is 22.0 Å². The number of carbonyl (C=O) groups excluding carboxylic acids is 2. The molecule has 3 atom stereocenters. The molecule has 0 aliphatic carbocycles. The van der Waals surface area contributed by atoms with E-state index in [9.17, 15) is 33.0 Å². The molecular weight excluding hydrogens is 443 g/mol. The van der Waals surface area contributed by atoms with Gasteiger partial charge < -0.3 is 26.2 Å². The first kappa shape index (κ1) is 24.5. The Morgan fingerprint density at radius 2 is 2.13 bits per heavy atom. The van der Waals surface area contributed by atoms with Gasteiger partial charge in [-0.1, -0.05) is 6.07 Å². The molecule has 0 bridgehead atoms. The van der Waals surface area contributed by atoms with Gasteiger partial charge in [-0.15, -0.1) is 23.1 Å². The fraction of sp³-hybridized carbons (Fsp3) is 0.556. The number of hydrogen-bond donors (Lipinski definition) is 4. The first-order valence-corrected chi connectivity index (χ1v) is 11.1. The van der Waals surface area contributed by atoms with Gasteiger partial charge in [-0.05, 0) is 36.1 Å². The third-order valence-electron chi connectivity index (χ3n) is 4.56. The Morgan fingerprint density at radius 1 is 1.40 bits per heavy atom. The zero-order valence-corrected chi connectivity index (χ0v) is 17.6. The minimum atomic E-state index is -4.62. The predicted molar refractivity (Wildman–Crippen MR) is 109 cm³/mol. The number of aliphatic hydroxyl groups is 2. The Morgan fingerprint density at radius 3 is 2.77 bits per heavy atom. The predicted octanol–water partition coefficient (Wildman–Crippen LogP) is 1.22. The van der Waals surface area contributed by atoms with E-state index in [-0.39, 0.29) is 18.8 Å². The number of likely N-dealkylation sites (tertiary alicyclic amines) is 1. The van der Waals surface area contributed by atoms with Crippen LogP contribution in [-0.4, -0.2) is 70.2 Å². The van der Waals surface area contributed by atoms with Gasteiger partial charge in [0.1, 0.15) is 5.70 Å². The molecule has 168 valence electrons. The molecule has 0 aromatic carbocycles. The zero-order chi connectivity index (χ0) is 22.3. The number of hydrogen-bond acceptors (Lipinski definition) is 7. The van der Waals surface area contributed by atoms with Crippen LogP contribution in [0.2, 0.25) is 0 Å². The second-order valence-electron chi connectivity index (χ2n) is 6.74. The van der Waals surface area contributed by atoms with Gasteiger partial charge >= 0.3 is 6.18 Å². The van der Waals surface area contributed by atoms with E-state index in [1.807, 2.05) is 17.5 Å². The summed E-state index contributed by atoms with van der Waals surface area (Å²) < 4.78 is 37.3. The summed E-state index contributed by atoms with van der Waals surface area (Å²) in [7, 11) is 0. The summed E-state index contributed by atoms with van der Waals surface area (Å²) >= 11 is 2.34. The van der Waals surface area contributed by atoms with Crippen LogP contribution in [0.25, 0.3) is 0 Å². The molecule has 1 aliphatic rings. The Labute approximate surface area is 180 Å². The second kappa shape index (κ2) is 11.0. The molecule has 2 rings (SSSR count). The second-order valence-corrected chi connectivity index (χ2v) is 8.68. The first-order chi connectivity index (χ1) is 14.1. The van der Waals surface area contributed by atoms with E-state index in [1.54, 1.807) is 0 Å². The maximum absolute atomic E-state index is 12.5. The standard InChI is InChI=1S/C18H24F3N3O4S2/c19-18(20,21)13(22)10-29-9-11-3-1-7-24(11)17(28)15(26)14(25)16(27)23-6-5-12-4-2-8-30-12/h2,4,8,10-11,14-15,25-26H,1,3,5-7,9,22H2,(H,23,27)/b13-10-/t11-,14-,15-/m1/s1. The van der Waals surface area contributed by atoms with Crippen molar-refractivity contribution in [1.82, 2.24) is 10.2 Å². The van der Waals surface area contributed by atoms with Crippen LogP contribution in [0.5, 0.6) is 0 Å². The highest BCUT2D eigenvalue weighted by molar-refractivity contribution is 8.02. The number of carbonyl (C=O) groups is 2. The molecular formula is C18H24F3N3O4S2. The molecule has 12 heteroatoms. The average Bonchev–Trinajstić information content (AvgIpc) is 3.37. The van der Waals surface area contributed by atoms with Gasteiger partial charge in [0.2, 0.25) is 0 Å². The van der Waals surface area contributed by atoms with E-state index in [2.05, 4.69) is 5.32 Å². The molecule has 5 N–H and O–H groups in total. The smallest absolute Gasteiger partial charge is 0.394 e. The molecule has 1 saturated heterocycles. The number of nitrogens with one attached hydrogen (secondary N) is 1. The molecule has 0 spiro atoms. The lowest BCUT2D eigenvalue weighted by Crippen LogP contribution is -2.52. The van der Waals surface area contributed by atoms with E-state index in [0.29, 0.717) is 19.3 Å². The van der Waals surface area contributed by atoms with Crippen molar-refractivity contribution in [2.45, 2.75) is 43.7 Å². The molecule has 30 heavy (non-hydrogen) atoms. The maximum Gasteiger partial charge on any atom is 0.431 e. The van der Waals surface area contributed by atoms with Crippen LogP contribution in [0, 0.1) is 0 Å². The Kier molecular flexibility index (Phi) is 9.01. The van der Waals surface area contributed by atoms with Crippen molar-refractivity contribution >= 4 is 34.9 Å². The highest BCUT2D eigenvalue weighted by Gasteiger charge is 2.38. The van der Waals surface area contributed by atoms with Crippen molar-refractivity contribution in [3.63, 3.8) is 0 Å². The van der Waals surface area contributed by atoms with E-state index in [4.69, 9.17) is 5.73 Å². The molecule has 2 amide bonds. The SMILES string of the molecule is N/C(=C\SC[C@H]1CCCN1C(=O)[C@H](O)[C@@H](O)C(=O)NCCc1cccs1)C(F)(F)F. The number of nitrogens with zero attached hydrogens (tertiary/aromatic N) is 1. The van der Waals surface area contributed by atoms with Crippen molar-refractivity contribution < 1.29 is 33.0 Å². The number of thioether (sulfide) groups is 1. The van der Waals surface area contributed by atoms with Crippen LogP contribution in [0.15, 0.2) is 28.6 Å². The van der Waals surface area contributed by atoms with Gasteiger partial charge in [0.25, 0.3) is 11.8 Å². The highest BCUT2D eigenvalue weighted by Crippen LogP contribution is 2.27. The van der Waals surface area contributed by atoms with Gasteiger partial charge in [0.15, 0.2) is 12.2 Å². The lowest BCUT2D eigenvalue weighted by Gasteiger charge is -2.28. The van der Waals surface area contributed by atoms with Gasteiger partial charge in [-0.2, -0.15) is 13.2 Å². The van der Waals surface area contributed by atoms with E-state index < -0.39 is 41.9 Å². The third kappa shape index (κ3) is 6.89. The van der Waals surface area contributed by atoms with Crippen molar-refractivity contribution in [3.05, 3.63) is 33.5 Å². The molecule has 7 nitrogen and oxygen atoms in total. The van der Waals surface area contributed by atoms with Crippen LogP contribution in [0.1, 0.15) is 17.7 Å². The minimum Gasteiger partial charge on any atom is -0.394 e. The summed E-state index contributed by atoms with van der Waals surface area (Å²) in [6.07, 6.45) is -6.81. The molecule has 0 unspecified atom stereocenters. The fourth-order valence-corrected chi connectivity index (χ4v) is 4.62. The number of nitrogens with two attached hydrogens (primary N) is 1. The average molecular weight is 468 g/mol. The van der Waals surface area contributed by atoms with Gasteiger partial charge in [-0.25, -0.2) is 0 Å².